The summed E-state index contributed by atoms with van der Waals surface area (Å²) < 4.78 is 9.69. The minimum absolute atomic E-state index is 0.292. The SMILES string of the molecule is COCOc1ccc[nH]1. The fraction of sp³-hybridized carbons (Fsp3) is 0.333. The number of nitrogens with one attached hydrogen (secondary N) is 1. The molecular formula is C6H9NO2. The minimum Gasteiger partial charge on any atom is -0.452 e. The van der Waals surface area contributed by atoms with Crippen molar-refractivity contribution in [2.24, 2.45) is 0 Å². The van der Waals surface area contributed by atoms with E-state index in [-0.39, 0.29) is 0 Å². The first-order valence-corrected chi connectivity index (χ1v) is 2.68. The van der Waals surface area contributed by atoms with Crippen LogP contribution >= 0.6 is 0 Å². The Balaban J connectivity index is 2.30. The summed E-state index contributed by atoms with van der Waals surface area (Å²) in [5.41, 5.74) is 0. The quantitative estimate of drug-likeness (QED) is 0.614. The van der Waals surface area contributed by atoms with Crippen molar-refractivity contribution in [2.45, 2.75) is 0 Å². The van der Waals surface area contributed by atoms with Crippen LogP contribution in [-0.4, -0.2) is 18.9 Å². The number of hydrogen-bond acceptors (Lipinski definition) is 2. The first kappa shape index (κ1) is 6.16. The predicted octanol–water partition coefficient (Wildman–Crippen LogP) is 0.997. The van der Waals surface area contributed by atoms with Crippen molar-refractivity contribution in [1.82, 2.24) is 4.98 Å². The molecule has 0 aliphatic carbocycles. The van der Waals surface area contributed by atoms with E-state index in [1.165, 1.54) is 0 Å². The molecule has 0 spiro atoms. The highest BCUT2D eigenvalue weighted by molar-refractivity contribution is 5.09. The summed E-state index contributed by atoms with van der Waals surface area (Å²) in [6, 6.07) is 3.70. The fourth-order valence-electron chi connectivity index (χ4n) is 0.526. The predicted molar refractivity (Wildman–Crippen MR) is 33.3 cm³/mol. The van der Waals surface area contributed by atoms with Crippen LogP contribution in [0.3, 0.4) is 0 Å². The van der Waals surface area contributed by atoms with Crippen molar-refractivity contribution in [3.05, 3.63) is 18.3 Å². The van der Waals surface area contributed by atoms with Crippen LogP contribution in [0.5, 0.6) is 5.88 Å². The Hall–Kier alpha value is -0.960. The lowest BCUT2D eigenvalue weighted by molar-refractivity contribution is 0.0482. The standard InChI is InChI=1S/C6H9NO2/c1-8-5-9-6-3-2-4-7-6/h2-4,7H,5H2,1H3. The topological polar surface area (TPSA) is 34.2 Å². The second kappa shape index (κ2) is 3.14. The number of ether oxygens (including phenoxy) is 2. The lowest BCUT2D eigenvalue weighted by Crippen LogP contribution is -1.98. The Morgan fingerprint density at radius 3 is 3.11 bits per heavy atom. The lowest BCUT2D eigenvalue weighted by Gasteiger charge is -1.98. The van der Waals surface area contributed by atoms with E-state index in [1.54, 1.807) is 13.3 Å². The maximum Gasteiger partial charge on any atom is 0.193 e. The Morgan fingerprint density at radius 1 is 1.67 bits per heavy atom. The Bertz CT molecular complexity index is 148. The van der Waals surface area contributed by atoms with Crippen LogP contribution in [0.2, 0.25) is 0 Å². The van der Waals surface area contributed by atoms with Crippen LogP contribution in [0, 0.1) is 0 Å². The number of methoxy groups -OCH3 is 1. The normalized spacial score (nSPS) is 9.44. The molecular weight excluding hydrogens is 118 g/mol. The number of H-pyrrole nitrogens is 1. The van der Waals surface area contributed by atoms with Crippen molar-refractivity contribution in [3.8, 4) is 5.88 Å². The van der Waals surface area contributed by atoms with Gasteiger partial charge in [0.05, 0.1) is 0 Å². The molecule has 1 rings (SSSR count). The molecule has 0 fully saturated rings. The summed E-state index contributed by atoms with van der Waals surface area (Å²) in [4.78, 5) is 2.87. The van der Waals surface area contributed by atoms with Crippen molar-refractivity contribution in [2.75, 3.05) is 13.9 Å². The monoisotopic (exact) mass is 127 g/mol. The van der Waals surface area contributed by atoms with Crippen molar-refractivity contribution >= 4 is 0 Å². The van der Waals surface area contributed by atoms with Gasteiger partial charge in [-0.15, -0.1) is 0 Å². The molecule has 1 aromatic heterocycles. The van der Waals surface area contributed by atoms with Gasteiger partial charge in [0.1, 0.15) is 0 Å². The molecule has 0 aliphatic rings. The van der Waals surface area contributed by atoms with Gasteiger partial charge in [0.15, 0.2) is 12.7 Å². The largest absolute Gasteiger partial charge is 0.452 e. The number of rotatable bonds is 3. The molecule has 50 valence electrons. The lowest BCUT2D eigenvalue weighted by atomic mass is 10.7. The Kier molecular flexibility index (Phi) is 2.15. The summed E-state index contributed by atoms with van der Waals surface area (Å²) >= 11 is 0. The molecule has 0 aromatic carbocycles. The van der Waals surface area contributed by atoms with E-state index >= 15 is 0 Å². The second-order valence-corrected chi connectivity index (χ2v) is 1.59. The molecule has 1 aromatic rings. The van der Waals surface area contributed by atoms with Crippen LogP contribution in [0.4, 0.5) is 0 Å². The molecule has 1 N–H and O–H groups in total. The molecule has 0 radical (unpaired) electrons. The Morgan fingerprint density at radius 2 is 2.56 bits per heavy atom. The van der Waals surface area contributed by atoms with Crippen LogP contribution in [0.1, 0.15) is 0 Å². The van der Waals surface area contributed by atoms with Gasteiger partial charge in [-0.1, -0.05) is 0 Å². The zero-order chi connectivity index (χ0) is 6.53. The molecule has 0 unspecified atom stereocenters. The van der Waals surface area contributed by atoms with Gasteiger partial charge in [0.2, 0.25) is 0 Å². The summed E-state index contributed by atoms with van der Waals surface area (Å²) in [5, 5.41) is 0. The van der Waals surface area contributed by atoms with Crippen molar-refractivity contribution < 1.29 is 9.47 Å². The zero-order valence-electron chi connectivity index (χ0n) is 5.26. The second-order valence-electron chi connectivity index (χ2n) is 1.59. The van der Waals surface area contributed by atoms with Crippen LogP contribution in [0.15, 0.2) is 18.3 Å². The number of aromatic amines is 1. The van der Waals surface area contributed by atoms with E-state index in [2.05, 4.69) is 9.72 Å². The minimum atomic E-state index is 0.292. The fourth-order valence-corrected chi connectivity index (χ4v) is 0.526. The van der Waals surface area contributed by atoms with E-state index < -0.39 is 0 Å². The first-order chi connectivity index (χ1) is 4.43. The number of aromatic nitrogens is 1. The molecule has 0 atom stereocenters. The van der Waals surface area contributed by atoms with Crippen LogP contribution < -0.4 is 4.74 Å². The summed E-state index contributed by atoms with van der Waals surface area (Å²) in [5.74, 6) is 0.733. The summed E-state index contributed by atoms with van der Waals surface area (Å²) in [6.45, 7) is 0.292. The van der Waals surface area contributed by atoms with E-state index in [0.717, 1.165) is 5.88 Å². The number of hydrogen-bond donors (Lipinski definition) is 1. The van der Waals surface area contributed by atoms with Gasteiger partial charge in [-0.25, -0.2) is 0 Å². The van der Waals surface area contributed by atoms with Gasteiger partial charge in [-0.2, -0.15) is 0 Å². The van der Waals surface area contributed by atoms with Gasteiger partial charge in [0, 0.05) is 13.3 Å². The Labute approximate surface area is 53.6 Å². The average Bonchev–Trinajstić information content (AvgIpc) is 2.34. The van der Waals surface area contributed by atoms with Gasteiger partial charge in [-0.3, -0.25) is 0 Å². The van der Waals surface area contributed by atoms with E-state index in [0.29, 0.717) is 6.79 Å². The van der Waals surface area contributed by atoms with E-state index in [4.69, 9.17) is 4.74 Å². The molecule has 9 heavy (non-hydrogen) atoms. The molecule has 1 heterocycles. The third-order valence-electron chi connectivity index (χ3n) is 0.902. The van der Waals surface area contributed by atoms with E-state index in [9.17, 15) is 0 Å². The molecule has 0 amide bonds. The third-order valence-corrected chi connectivity index (χ3v) is 0.902. The van der Waals surface area contributed by atoms with Gasteiger partial charge in [-0.05, 0) is 12.1 Å². The molecule has 3 nitrogen and oxygen atoms in total. The summed E-state index contributed by atoms with van der Waals surface area (Å²) in [6.07, 6.45) is 1.80. The highest BCUT2D eigenvalue weighted by atomic mass is 16.7. The molecule has 3 heteroatoms. The zero-order valence-corrected chi connectivity index (χ0v) is 5.26. The van der Waals surface area contributed by atoms with Crippen LogP contribution in [0.25, 0.3) is 0 Å². The van der Waals surface area contributed by atoms with Crippen molar-refractivity contribution in [1.29, 1.82) is 0 Å². The maximum atomic E-state index is 5.02. The summed E-state index contributed by atoms with van der Waals surface area (Å²) in [7, 11) is 1.59. The molecule has 0 saturated heterocycles. The van der Waals surface area contributed by atoms with Crippen molar-refractivity contribution in [3.63, 3.8) is 0 Å². The van der Waals surface area contributed by atoms with E-state index in [1.807, 2.05) is 12.1 Å². The third kappa shape index (κ3) is 1.77. The first-order valence-electron chi connectivity index (χ1n) is 2.68. The average molecular weight is 127 g/mol. The highest BCUT2D eigenvalue weighted by Gasteiger charge is 1.87. The van der Waals surface area contributed by atoms with Gasteiger partial charge < -0.3 is 14.5 Å². The maximum absolute atomic E-state index is 5.02. The van der Waals surface area contributed by atoms with Crippen LogP contribution in [-0.2, 0) is 4.74 Å². The van der Waals surface area contributed by atoms with Gasteiger partial charge in [0.25, 0.3) is 0 Å². The van der Waals surface area contributed by atoms with Gasteiger partial charge >= 0.3 is 0 Å². The smallest absolute Gasteiger partial charge is 0.193 e. The molecule has 0 aliphatic heterocycles. The molecule has 0 saturated carbocycles. The highest BCUT2D eigenvalue weighted by Crippen LogP contribution is 2.03. The molecule has 0 bridgehead atoms.